The molecule has 2 heterocycles. The van der Waals surface area contributed by atoms with Crippen LogP contribution in [0.1, 0.15) is 66.2 Å². The first kappa shape index (κ1) is 25.1. The largest absolute Gasteiger partial charge is 0.480 e. The lowest BCUT2D eigenvalue weighted by atomic mass is 10.0. The summed E-state index contributed by atoms with van der Waals surface area (Å²) >= 11 is 0. The summed E-state index contributed by atoms with van der Waals surface area (Å²) in [5, 5.41) is 18.1. The van der Waals surface area contributed by atoms with Gasteiger partial charge in [0, 0.05) is 6.54 Å². The number of aliphatic carboxylic acids is 1. The second-order valence-electron chi connectivity index (χ2n) is 9.56. The second-order valence-corrected chi connectivity index (χ2v) is 9.56. The fourth-order valence-electron chi connectivity index (χ4n) is 4.34. The Morgan fingerprint density at radius 3 is 2.10 bits per heavy atom. The van der Waals surface area contributed by atoms with Gasteiger partial charge in [0.2, 0.25) is 17.7 Å². The molecule has 2 aliphatic heterocycles. The van der Waals surface area contributed by atoms with Gasteiger partial charge in [0.25, 0.3) is 0 Å². The van der Waals surface area contributed by atoms with Gasteiger partial charge in [-0.2, -0.15) is 0 Å². The van der Waals surface area contributed by atoms with Crippen LogP contribution in [0.5, 0.6) is 0 Å². The molecule has 31 heavy (non-hydrogen) atoms. The Balaban J connectivity index is 2.08. The van der Waals surface area contributed by atoms with Crippen LogP contribution < -0.4 is 16.0 Å². The molecule has 9 heteroatoms. The highest BCUT2D eigenvalue weighted by atomic mass is 16.4. The summed E-state index contributed by atoms with van der Waals surface area (Å²) in [4.78, 5) is 51.9. The summed E-state index contributed by atoms with van der Waals surface area (Å²) in [5.74, 6) is -1.67. The number of hydrogen-bond acceptors (Lipinski definition) is 5. The molecule has 2 saturated heterocycles. The molecule has 9 nitrogen and oxygen atoms in total. The van der Waals surface area contributed by atoms with E-state index in [0.29, 0.717) is 32.2 Å². The van der Waals surface area contributed by atoms with Crippen molar-refractivity contribution in [3.63, 3.8) is 0 Å². The van der Waals surface area contributed by atoms with Crippen molar-refractivity contribution in [1.82, 2.24) is 20.9 Å². The third kappa shape index (κ3) is 7.19. The highest BCUT2D eigenvalue weighted by molar-refractivity contribution is 5.94. The molecule has 0 bridgehead atoms. The first-order chi connectivity index (χ1) is 14.6. The van der Waals surface area contributed by atoms with Gasteiger partial charge >= 0.3 is 5.97 Å². The maximum atomic E-state index is 13.3. The predicted molar refractivity (Wildman–Crippen MR) is 116 cm³/mol. The standard InChI is InChI=1S/C22H38N4O5/c1-13(2)11-16(24-19(27)15-7-5-9-23-15)21(29)26-10-6-8-18(26)20(28)25-17(22(30)31)12-14(3)4/h13-18,23H,5-12H2,1-4H3,(H,24,27)(H,25,28)(H,30,31)/t15-,16-,17-,18-/m0/s1. The van der Waals surface area contributed by atoms with Crippen LogP contribution in [0.3, 0.4) is 0 Å². The second kappa shape index (κ2) is 11.5. The van der Waals surface area contributed by atoms with E-state index in [9.17, 15) is 24.3 Å². The summed E-state index contributed by atoms with van der Waals surface area (Å²) in [6.07, 6.45) is 3.62. The molecule has 0 aliphatic carbocycles. The Bertz CT molecular complexity index is 660. The van der Waals surface area contributed by atoms with Crippen LogP contribution in [-0.4, -0.2) is 71.0 Å². The lowest BCUT2D eigenvalue weighted by molar-refractivity contribution is -0.145. The molecule has 0 aromatic rings. The van der Waals surface area contributed by atoms with E-state index in [1.807, 2.05) is 27.7 Å². The quantitative estimate of drug-likeness (QED) is 0.401. The topological polar surface area (TPSA) is 128 Å². The molecule has 0 unspecified atom stereocenters. The Labute approximate surface area is 184 Å². The zero-order valence-corrected chi connectivity index (χ0v) is 19.1. The van der Waals surface area contributed by atoms with Crippen LogP contribution in [-0.2, 0) is 19.2 Å². The van der Waals surface area contributed by atoms with Gasteiger partial charge in [0.1, 0.15) is 18.1 Å². The summed E-state index contributed by atoms with van der Waals surface area (Å²) in [7, 11) is 0. The van der Waals surface area contributed by atoms with Gasteiger partial charge in [-0.25, -0.2) is 4.79 Å². The van der Waals surface area contributed by atoms with Crippen LogP contribution in [0.4, 0.5) is 0 Å². The minimum Gasteiger partial charge on any atom is -0.480 e. The van der Waals surface area contributed by atoms with Crippen molar-refractivity contribution >= 4 is 23.7 Å². The van der Waals surface area contributed by atoms with Crippen molar-refractivity contribution in [1.29, 1.82) is 0 Å². The molecule has 0 saturated carbocycles. The van der Waals surface area contributed by atoms with Crippen molar-refractivity contribution in [2.24, 2.45) is 11.8 Å². The zero-order valence-electron chi connectivity index (χ0n) is 19.1. The maximum Gasteiger partial charge on any atom is 0.326 e. The van der Waals surface area contributed by atoms with Gasteiger partial charge in [-0.1, -0.05) is 27.7 Å². The van der Waals surface area contributed by atoms with Gasteiger partial charge in [-0.15, -0.1) is 0 Å². The normalized spacial score (nSPS) is 23.1. The number of hydrogen-bond donors (Lipinski definition) is 4. The number of carboxylic acid groups (broad SMARTS) is 1. The number of carbonyl (C=O) groups is 4. The van der Waals surface area contributed by atoms with Gasteiger partial charge < -0.3 is 26.0 Å². The lowest BCUT2D eigenvalue weighted by Gasteiger charge is -2.30. The smallest absolute Gasteiger partial charge is 0.326 e. The van der Waals surface area contributed by atoms with Crippen molar-refractivity contribution < 1.29 is 24.3 Å². The zero-order chi connectivity index (χ0) is 23.1. The number of carbonyl (C=O) groups excluding carboxylic acids is 3. The fourth-order valence-corrected chi connectivity index (χ4v) is 4.34. The molecule has 3 amide bonds. The number of carboxylic acids is 1. The minimum atomic E-state index is -1.08. The van der Waals surface area contributed by atoms with E-state index in [2.05, 4.69) is 16.0 Å². The molecule has 2 fully saturated rings. The van der Waals surface area contributed by atoms with Crippen molar-refractivity contribution in [3.05, 3.63) is 0 Å². The molecule has 4 N–H and O–H groups in total. The molecule has 0 radical (unpaired) electrons. The van der Waals surface area contributed by atoms with Crippen molar-refractivity contribution in [2.75, 3.05) is 13.1 Å². The molecule has 0 aromatic heterocycles. The van der Waals surface area contributed by atoms with Crippen molar-refractivity contribution in [2.45, 2.75) is 90.4 Å². The predicted octanol–water partition coefficient (Wildman–Crippen LogP) is 0.876. The molecule has 0 spiro atoms. The van der Waals surface area contributed by atoms with Crippen LogP contribution in [0.2, 0.25) is 0 Å². The third-order valence-electron chi connectivity index (χ3n) is 5.86. The van der Waals surface area contributed by atoms with E-state index in [4.69, 9.17) is 0 Å². The van der Waals surface area contributed by atoms with Crippen LogP contribution in [0, 0.1) is 11.8 Å². The summed E-state index contributed by atoms with van der Waals surface area (Å²) in [5.41, 5.74) is 0. The summed E-state index contributed by atoms with van der Waals surface area (Å²) in [6, 6.07) is -2.68. The van der Waals surface area contributed by atoms with E-state index in [1.165, 1.54) is 4.90 Å². The number of nitrogens with one attached hydrogen (secondary N) is 3. The SMILES string of the molecule is CC(C)C[C@H](NC(=O)[C@@H]1CCCN1C(=O)[C@H](CC(C)C)NC(=O)[C@@H]1CCCN1)C(=O)O. The number of likely N-dealkylation sites (tertiary alicyclic amines) is 1. The van der Waals surface area contributed by atoms with Crippen LogP contribution in [0.15, 0.2) is 0 Å². The fraction of sp³-hybridized carbons (Fsp3) is 0.818. The van der Waals surface area contributed by atoms with E-state index in [0.717, 1.165) is 19.4 Å². The molecule has 2 aliphatic rings. The molecule has 176 valence electrons. The molecular weight excluding hydrogens is 400 g/mol. The first-order valence-electron chi connectivity index (χ1n) is 11.5. The summed E-state index contributed by atoms with van der Waals surface area (Å²) in [6.45, 7) is 8.97. The highest BCUT2D eigenvalue weighted by Gasteiger charge is 2.39. The number of rotatable bonds is 10. The number of nitrogens with zero attached hydrogens (tertiary/aromatic N) is 1. The Morgan fingerprint density at radius 2 is 1.55 bits per heavy atom. The Morgan fingerprint density at radius 1 is 0.935 bits per heavy atom. The van der Waals surface area contributed by atoms with Gasteiger partial charge in [0.15, 0.2) is 0 Å². The van der Waals surface area contributed by atoms with E-state index < -0.39 is 30.0 Å². The molecule has 2 rings (SSSR count). The van der Waals surface area contributed by atoms with Crippen LogP contribution in [0.25, 0.3) is 0 Å². The molecular formula is C22H38N4O5. The Hall–Kier alpha value is -2.16. The average molecular weight is 439 g/mol. The lowest BCUT2D eigenvalue weighted by Crippen LogP contribution is -2.57. The number of amides is 3. The summed E-state index contributed by atoms with van der Waals surface area (Å²) < 4.78 is 0. The first-order valence-corrected chi connectivity index (χ1v) is 11.5. The van der Waals surface area contributed by atoms with E-state index in [1.54, 1.807) is 0 Å². The maximum absolute atomic E-state index is 13.3. The monoisotopic (exact) mass is 438 g/mol. The van der Waals surface area contributed by atoms with Gasteiger partial charge in [-0.3, -0.25) is 14.4 Å². The Kier molecular flexibility index (Phi) is 9.28. The average Bonchev–Trinajstić information content (AvgIpc) is 3.37. The van der Waals surface area contributed by atoms with Gasteiger partial charge in [-0.05, 0) is 56.9 Å². The van der Waals surface area contributed by atoms with E-state index in [-0.39, 0.29) is 29.7 Å². The third-order valence-corrected chi connectivity index (χ3v) is 5.86. The van der Waals surface area contributed by atoms with Crippen molar-refractivity contribution in [3.8, 4) is 0 Å². The van der Waals surface area contributed by atoms with E-state index >= 15 is 0 Å². The minimum absolute atomic E-state index is 0.109. The highest BCUT2D eigenvalue weighted by Crippen LogP contribution is 2.21. The van der Waals surface area contributed by atoms with Crippen LogP contribution >= 0.6 is 0 Å². The van der Waals surface area contributed by atoms with Gasteiger partial charge in [0.05, 0.1) is 6.04 Å². The molecule has 0 aromatic carbocycles. The molecule has 4 atom stereocenters.